The van der Waals surface area contributed by atoms with Crippen molar-refractivity contribution in [3.05, 3.63) is 68.5 Å². The number of benzene rings is 1. The Labute approximate surface area is 124 Å². The van der Waals surface area contributed by atoms with Crippen LogP contribution in [0.15, 0.2) is 47.3 Å². The maximum atomic E-state index is 12.2. The highest BCUT2D eigenvalue weighted by Crippen LogP contribution is 2.22. The summed E-state index contributed by atoms with van der Waals surface area (Å²) in [7, 11) is 1.52. The van der Waals surface area contributed by atoms with E-state index in [0.29, 0.717) is 11.3 Å². The zero-order valence-electron chi connectivity index (χ0n) is 11.6. The SMILES string of the molecule is Cn1c(-c2cccc([N+](=O)[O-])c2)ccc(/C=C/C(=O)O)c1=O. The van der Waals surface area contributed by atoms with Gasteiger partial charge in [0.05, 0.1) is 10.6 Å². The van der Waals surface area contributed by atoms with Gasteiger partial charge in [0.25, 0.3) is 11.2 Å². The Morgan fingerprint density at radius 3 is 2.68 bits per heavy atom. The van der Waals surface area contributed by atoms with Gasteiger partial charge in [-0.15, -0.1) is 0 Å². The third-order valence-electron chi connectivity index (χ3n) is 3.09. The molecule has 1 aromatic carbocycles. The van der Waals surface area contributed by atoms with Crippen LogP contribution in [0.2, 0.25) is 0 Å². The van der Waals surface area contributed by atoms with E-state index in [-0.39, 0.29) is 16.8 Å². The number of carbonyl (C=O) groups is 1. The molecule has 112 valence electrons. The van der Waals surface area contributed by atoms with Gasteiger partial charge in [0, 0.05) is 36.4 Å². The molecule has 2 rings (SSSR count). The molecule has 2 aromatic rings. The molecule has 0 unspecified atom stereocenters. The van der Waals surface area contributed by atoms with Gasteiger partial charge in [0.1, 0.15) is 0 Å². The number of carboxylic acid groups (broad SMARTS) is 1. The van der Waals surface area contributed by atoms with E-state index in [4.69, 9.17) is 5.11 Å². The van der Waals surface area contributed by atoms with Crippen LogP contribution in [-0.2, 0) is 11.8 Å². The zero-order valence-corrected chi connectivity index (χ0v) is 11.6. The highest BCUT2D eigenvalue weighted by molar-refractivity contribution is 5.85. The first-order chi connectivity index (χ1) is 10.4. The highest BCUT2D eigenvalue weighted by Gasteiger charge is 2.10. The molecule has 0 aliphatic heterocycles. The van der Waals surface area contributed by atoms with Gasteiger partial charge in [-0.2, -0.15) is 0 Å². The third-order valence-corrected chi connectivity index (χ3v) is 3.09. The number of rotatable bonds is 4. The van der Waals surface area contributed by atoms with Crippen LogP contribution in [0.4, 0.5) is 5.69 Å². The van der Waals surface area contributed by atoms with Crippen molar-refractivity contribution in [3.63, 3.8) is 0 Å². The first-order valence-corrected chi connectivity index (χ1v) is 6.26. The van der Waals surface area contributed by atoms with Crippen LogP contribution in [0.3, 0.4) is 0 Å². The smallest absolute Gasteiger partial charge is 0.328 e. The summed E-state index contributed by atoms with van der Waals surface area (Å²) in [5.41, 5.74) is 0.795. The minimum Gasteiger partial charge on any atom is -0.478 e. The molecule has 0 saturated carbocycles. The van der Waals surface area contributed by atoms with Gasteiger partial charge in [0.2, 0.25) is 0 Å². The van der Waals surface area contributed by atoms with Gasteiger partial charge in [-0.25, -0.2) is 4.79 Å². The van der Waals surface area contributed by atoms with E-state index >= 15 is 0 Å². The number of carboxylic acids is 1. The number of nitro benzene ring substituents is 1. The van der Waals surface area contributed by atoms with Gasteiger partial charge >= 0.3 is 5.97 Å². The fourth-order valence-electron chi connectivity index (χ4n) is 2.01. The molecule has 7 nitrogen and oxygen atoms in total. The molecule has 1 aromatic heterocycles. The van der Waals surface area contributed by atoms with Crippen LogP contribution < -0.4 is 5.56 Å². The van der Waals surface area contributed by atoms with E-state index in [1.165, 1.54) is 42.0 Å². The Morgan fingerprint density at radius 1 is 1.32 bits per heavy atom. The van der Waals surface area contributed by atoms with Crippen molar-refractivity contribution in [2.75, 3.05) is 0 Å². The number of aliphatic carboxylic acids is 1. The van der Waals surface area contributed by atoms with Crippen molar-refractivity contribution >= 4 is 17.7 Å². The monoisotopic (exact) mass is 300 g/mol. The van der Waals surface area contributed by atoms with Crippen molar-refractivity contribution < 1.29 is 14.8 Å². The topological polar surface area (TPSA) is 102 Å². The average Bonchev–Trinajstić information content (AvgIpc) is 2.48. The molecule has 1 heterocycles. The molecule has 0 aliphatic rings. The normalized spacial score (nSPS) is 10.8. The van der Waals surface area contributed by atoms with Gasteiger partial charge in [-0.1, -0.05) is 12.1 Å². The second-order valence-electron chi connectivity index (χ2n) is 4.52. The minimum atomic E-state index is -1.15. The van der Waals surface area contributed by atoms with Gasteiger partial charge < -0.3 is 9.67 Å². The van der Waals surface area contributed by atoms with Crippen LogP contribution in [-0.4, -0.2) is 20.6 Å². The second kappa shape index (κ2) is 6.04. The Morgan fingerprint density at radius 2 is 2.05 bits per heavy atom. The van der Waals surface area contributed by atoms with Crippen molar-refractivity contribution in [3.8, 4) is 11.3 Å². The lowest BCUT2D eigenvalue weighted by molar-refractivity contribution is -0.384. The summed E-state index contributed by atoms with van der Waals surface area (Å²) in [6, 6.07) is 9.04. The Kier molecular flexibility index (Phi) is 4.17. The maximum absolute atomic E-state index is 12.2. The van der Waals surface area contributed by atoms with Gasteiger partial charge in [0.15, 0.2) is 0 Å². The lowest BCUT2D eigenvalue weighted by atomic mass is 10.1. The van der Waals surface area contributed by atoms with Gasteiger partial charge in [-0.05, 0) is 18.2 Å². The molecule has 0 aliphatic carbocycles. The van der Waals surface area contributed by atoms with Crippen LogP contribution in [0.5, 0.6) is 0 Å². The highest BCUT2D eigenvalue weighted by atomic mass is 16.6. The fourth-order valence-corrected chi connectivity index (χ4v) is 2.01. The Hall–Kier alpha value is -3.22. The summed E-state index contributed by atoms with van der Waals surface area (Å²) < 4.78 is 1.32. The van der Waals surface area contributed by atoms with Crippen molar-refractivity contribution in [2.45, 2.75) is 0 Å². The summed E-state index contributed by atoms with van der Waals surface area (Å²) in [4.78, 5) is 33.0. The molecule has 22 heavy (non-hydrogen) atoms. The number of nitrogens with zero attached hydrogens (tertiary/aromatic N) is 2. The molecule has 1 N–H and O–H groups in total. The summed E-state index contributed by atoms with van der Waals surface area (Å²) in [6.45, 7) is 0. The van der Waals surface area contributed by atoms with Crippen molar-refractivity contribution in [2.24, 2.45) is 7.05 Å². The predicted molar refractivity (Wildman–Crippen MR) is 80.4 cm³/mol. The van der Waals surface area contributed by atoms with E-state index in [0.717, 1.165) is 6.08 Å². The zero-order chi connectivity index (χ0) is 16.3. The minimum absolute atomic E-state index is 0.0696. The molecule has 0 atom stereocenters. The van der Waals surface area contributed by atoms with E-state index < -0.39 is 10.9 Å². The molecule has 0 radical (unpaired) electrons. The van der Waals surface area contributed by atoms with Gasteiger partial charge in [-0.3, -0.25) is 14.9 Å². The summed E-state index contributed by atoms with van der Waals surface area (Å²) >= 11 is 0. The fraction of sp³-hybridized carbons (Fsp3) is 0.0667. The number of nitro groups is 1. The molecule has 0 saturated heterocycles. The van der Waals surface area contributed by atoms with Crippen LogP contribution in [0, 0.1) is 10.1 Å². The third kappa shape index (κ3) is 3.09. The first kappa shape index (κ1) is 15.2. The van der Waals surface area contributed by atoms with E-state index in [1.807, 2.05) is 0 Å². The number of hydrogen-bond acceptors (Lipinski definition) is 4. The predicted octanol–water partition coefficient (Wildman–Crippen LogP) is 2.06. The number of aromatic nitrogens is 1. The first-order valence-electron chi connectivity index (χ1n) is 6.26. The Bertz CT molecular complexity index is 836. The van der Waals surface area contributed by atoms with Crippen molar-refractivity contribution in [1.82, 2.24) is 4.57 Å². The number of non-ortho nitro benzene ring substituents is 1. The molecular weight excluding hydrogens is 288 g/mol. The van der Waals surface area contributed by atoms with E-state index in [1.54, 1.807) is 12.1 Å². The largest absolute Gasteiger partial charge is 0.478 e. The van der Waals surface area contributed by atoms with E-state index in [2.05, 4.69) is 0 Å². The van der Waals surface area contributed by atoms with Crippen LogP contribution in [0.25, 0.3) is 17.3 Å². The standard InChI is InChI=1S/C15H12N2O5/c1-16-13(11-3-2-4-12(9-11)17(21)22)7-5-10(15(16)20)6-8-14(18)19/h2-9H,1H3,(H,18,19)/b8-6+. The summed E-state index contributed by atoms with van der Waals surface area (Å²) in [5, 5.41) is 19.4. The quantitative estimate of drug-likeness (QED) is 0.529. The molecule has 0 bridgehead atoms. The summed E-state index contributed by atoms with van der Waals surface area (Å²) in [5.74, 6) is -1.15. The molecule has 0 fully saturated rings. The second-order valence-corrected chi connectivity index (χ2v) is 4.52. The lowest BCUT2D eigenvalue weighted by Crippen LogP contribution is -2.20. The number of hydrogen-bond donors (Lipinski definition) is 1. The molecule has 7 heteroatoms. The van der Waals surface area contributed by atoms with E-state index in [9.17, 15) is 19.7 Å². The lowest BCUT2D eigenvalue weighted by Gasteiger charge is -2.09. The molecular formula is C15H12N2O5. The number of pyridine rings is 1. The maximum Gasteiger partial charge on any atom is 0.328 e. The molecule has 0 spiro atoms. The molecule has 0 amide bonds. The summed E-state index contributed by atoms with van der Waals surface area (Å²) in [6.07, 6.45) is 2.09. The van der Waals surface area contributed by atoms with Crippen molar-refractivity contribution in [1.29, 1.82) is 0 Å². The van der Waals surface area contributed by atoms with Crippen LogP contribution in [0.1, 0.15) is 5.56 Å². The Balaban J connectivity index is 2.52. The average molecular weight is 300 g/mol. The van der Waals surface area contributed by atoms with Crippen LogP contribution >= 0.6 is 0 Å².